The molecular weight excluding hydrogens is 829 g/mol. The second-order valence-corrected chi connectivity index (χ2v) is 18.0. The molecule has 0 fully saturated rings. The van der Waals surface area contributed by atoms with Crippen LogP contribution < -0.4 is 5.32 Å². The van der Waals surface area contributed by atoms with Crippen LogP contribution in [0, 0.1) is 0 Å². The molecular formula is C56H100N2O8. The zero-order valence-corrected chi connectivity index (χ0v) is 43.1. The van der Waals surface area contributed by atoms with Gasteiger partial charge in [-0.2, -0.15) is 0 Å². The van der Waals surface area contributed by atoms with Gasteiger partial charge in [0.05, 0.1) is 6.42 Å². The molecule has 0 aromatic rings. The molecule has 10 nitrogen and oxygen atoms in total. The summed E-state index contributed by atoms with van der Waals surface area (Å²) in [4.78, 5) is 53.7. The molecule has 10 heteroatoms. The predicted octanol–water partition coefficient (Wildman–Crippen LogP) is 14.8. The number of hydrogen-bond acceptors (Lipinski definition) is 9. The van der Waals surface area contributed by atoms with Crippen molar-refractivity contribution in [1.82, 2.24) is 10.2 Å². The first kappa shape index (κ1) is 62.6. The van der Waals surface area contributed by atoms with Crippen LogP contribution in [0.2, 0.25) is 0 Å². The van der Waals surface area contributed by atoms with E-state index in [0.717, 1.165) is 129 Å². The van der Waals surface area contributed by atoms with Gasteiger partial charge < -0.3 is 29.2 Å². The minimum Gasteiger partial charge on any atom is -0.462 e. The van der Waals surface area contributed by atoms with Crippen molar-refractivity contribution in [2.75, 3.05) is 39.9 Å². The summed E-state index contributed by atoms with van der Waals surface area (Å²) in [6.07, 6.45) is 47.3. The highest BCUT2D eigenvalue weighted by Crippen LogP contribution is 2.16. The smallest absolute Gasteiger partial charge is 0.407 e. The van der Waals surface area contributed by atoms with Gasteiger partial charge in [-0.05, 0) is 103 Å². The highest BCUT2D eigenvalue weighted by atomic mass is 16.6. The molecule has 0 aromatic heterocycles. The van der Waals surface area contributed by atoms with Gasteiger partial charge >= 0.3 is 24.0 Å². The summed E-state index contributed by atoms with van der Waals surface area (Å²) in [6, 6.07) is 0. The maximum absolute atomic E-state index is 13.4. The first-order valence-electron chi connectivity index (χ1n) is 27.0. The highest BCUT2D eigenvalue weighted by Gasteiger charge is 2.24. The van der Waals surface area contributed by atoms with Crippen LogP contribution in [0.3, 0.4) is 0 Å². The first-order valence-corrected chi connectivity index (χ1v) is 27.0. The highest BCUT2D eigenvalue weighted by molar-refractivity contribution is 5.72. The molecule has 0 saturated heterocycles. The molecule has 66 heavy (non-hydrogen) atoms. The van der Waals surface area contributed by atoms with E-state index in [9.17, 15) is 19.2 Å². The Morgan fingerprint density at radius 2 is 0.879 bits per heavy atom. The van der Waals surface area contributed by atoms with Crippen molar-refractivity contribution < 1.29 is 38.1 Å². The van der Waals surface area contributed by atoms with E-state index < -0.39 is 24.3 Å². The Hall–Kier alpha value is -3.40. The topological polar surface area (TPSA) is 120 Å². The van der Waals surface area contributed by atoms with Crippen molar-refractivity contribution >= 4 is 24.0 Å². The van der Waals surface area contributed by atoms with Crippen LogP contribution in [0.1, 0.15) is 233 Å². The van der Waals surface area contributed by atoms with E-state index >= 15 is 0 Å². The zero-order chi connectivity index (χ0) is 48.4. The van der Waals surface area contributed by atoms with Gasteiger partial charge in [-0.15, -0.1) is 0 Å². The second-order valence-electron chi connectivity index (χ2n) is 18.0. The lowest BCUT2D eigenvalue weighted by Crippen LogP contribution is -2.36. The van der Waals surface area contributed by atoms with Gasteiger partial charge in [-0.1, -0.05) is 173 Å². The number of nitrogens with one attached hydrogen (secondary N) is 1. The largest absolute Gasteiger partial charge is 0.462 e. The number of rotatable bonds is 47. The summed E-state index contributed by atoms with van der Waals surface area (Å²) < 4.78 is 22.7. The van der Waals surface area contributed by atoms with Crippen molar-refractivity contribution in [3.63, 3.8) is 0 Å². The molecule has 0 heterocycles. The van der Waals surface area contributed by atoms with E-state index in [1.54, 1.807) is 0 Å². The third-order valence-electron chi connectivity index (χ3n) is 11.7. The van der Waals surface area contributed by atoms with Crippen LogP contribution in [0.25, 0.3) is 0 Å². The van der Waals surface area contributed by atoms with Crippen LogP contribution in [-0.2, 0) is 33.3 Å². The minimum atomic E-state index is -0.965. The Bertz CT molecular complexity index is 1200. The van der Waals surface area contributed by atoms with Gasteiger partial charge in [-0.3, -0.25) is 14.4 Å². The Morgan fingerprint density at radius 3 is 1.35 bits per heavy atom. The number of likely N-dealkylation sites (N-methyl/N-ethyl adjacent to an activating group) is 1. The summed E-state index contributed by atoms with van der Waals surface area (Å²) >= 11 is 0. The van der Waals surface area contributed by atoms with Crippen LogP contribution in [-0.4, -0.2) is 81.0 Å². The number of alkyl carbamates (subject to hydrolysis) is 1. The Labute approximate surface area is 404 Å². The number of unbranched alkanes of at least 4 members (excludes halogenated alkanes) is 21. The molecule has 0 radical (unpaired) electrons. The molecule has 1 amide bonds. The summed E-state index contributed by atoms with van der Waals surface area (Å²) in [5, 5.41) is 2.79. The Kier molecular flexibility index (Phi) is 47.0. The number of esters is 3. The van der Waals surface area contributed by atoms with E-state index in [0.29, 0.717) is 19.5 Å². The van der Waals surface area contributed by atoms with Crippen LogP contribution in [0.4, 0.5) is 4.79 Å². The van der Waals surface area contributed by atoms with Crippen LogP contribution in [0.5, 0.6) is 0 Å². The Balaban J connectivity index is 5.02. The fourth-order valence-corrected chi connectivity index (χ4v) is 7.27. The average molecular weight is 929 g/mol. The summed E-state index contributed by atoms with van der Waals surface area (Å²) in [6.45, 7) is 10.2. The van der Waals surface area contributed by atoms with E-state index in [1.165, 1.54) is 57.8 Å². The molecule has 0 aliphatic carbocycles. The molecule has 0 aliphatic rings. The molecule has 0 aromatic carbocycles. The van der Waals surface area contributed by atoms with Crippen LogP contribution in [0.15, 0.2) is 48.6 Å². The summed E-state index contributed by atoms with van der Waals surface area (Å²) in [5.41, 5.74) is 0. The van der Waals surface area contributed by atoms with Gasteiger partial charge in [0.15, 0.2) is 6.10 Å². The van der Waals surface area contributed by atoms with Crippen molar-refractivity contribution in [3.8, 4) is 0 Å². The van der Waals surface area contributed by atoms with E-state index in [-0.39, 0.29) is 44.4 Å². The number of allylic oxidation sites excluding steroid dienone is 8. The monoisotopic (exact) mass is 929 g/mol. The van der Waals surface area contributed by atoms with Gasteiger partial charge in [0, 0.05) is 25.9 Å². The third kappa shape index (κ3) is 45.7. The molecule has 0 bridgehead atoms. The number of ether oxygens (including phenoxy) is 4. The van der Waals surface area contributed by atoms with Crippen molar-refractivity contribution in [2.24, 2.45) is 0 Å². The summed E-state index contributed by atoms with van der Waals surface area (Å²) in [5.74, 6) is -1.33. The maximum atomic E-state index is 13.4. The molecule has 1 N–H and O–H groups in total. The fraction of sp³-hybridized carbons (Fsp3) is 0.786. The number of hydrogen-bond donors (Lipinski definition) is 1. The lowest BCUT2D eigenvalue weighted by Gasteiger charge is -2.21. The van der Waals surface area contributed by atoms with Crippen LogP contribution >= 0.6 is 0 Å². The van der Waals surface area contributed by atoms with Gasteiger partial charge in [0.2, 0.25) is 0 Å². The standard InChI is InChI=1S/C56H100N2O8/c1-6-10-13-16-19-21-23-25-27-29-31-33-35-38-41-44-53(59)63-49-52(50-64-54(60)45-42-39-36-34-32-30-28-26-24-22-20-17-14-11-7-2)65-55(61)48-51(43-40-37-18-15-12-8-3)66-56(62)57-46-47-58(5)9-4/h19-22,25-28,51-52H,6-18,23-24,29-50H2,1-5H3,(H,57,62)/b21-19-,22-20?,27-25-,28-26-. The van der Waals surface area contributed by atoms with E-state index in [4.69, 9.17) is 18.9 Å². The second kappa shape index (κ2) is 49.5. The third-order valence-corrected chi connectivity index (χ3v) is 11.7. The van der Waals surface area contributed by atoms with Crippen molar-refractivity contribution in [2.45, 2.75) is 245 Å². The van der Waals surface area contributed by atoms with Crippen molar-refractivity contribution in [1.29, 1.82) is 0 Å². The van der Waals surface area contributed by atoms with Crippen molar-refractivity contribution in [3.05, 3.63) is 48.6 Å². The zero-order valence-electron chi connectivity index (χ0n) is 43.1. The Morgan fingerprint density at radius 1 is 0.470 bits per heavy atom. The molecule has 2 atom stereocenters. The normalized spacial score (nSPS) is 12.8. The van der Waals surface area contributed by atoms with Gasteiger partial charge in [-0.25, -0.2) is 4.79 Å². The predicted molar refractivity (Wildman–Crippen MR) is 275 cm³/mol. The fourth-order valence-electron chi connectivity index (χ4n) is 7.27. The average Bonchev–Trinajstić information content (AvgIpc) is 3.30. The number of nitrogens with zero attached hydrogens (tertiary/aromatic N) is 1. The summed E-state index contributed by atoms with van der Waals surface area (Å²) in [7, 11) is 1.98. The van der Waals surface area contributed by atoms with E-state index in [2.05, 4.69) is 79.6 Å². The number of amides is 1. The molecule has 382 valence electrons. The van der Waals surface area contributed by atoms with Gasteiger partial charge in [0.25, 0.3) is 0 Å². The lowest BCUT2D eigenvalue weighted by molar-refractivity contribution is -0.168. The number of carbonyl (C=O) groups is 4. The molecule has 0 aliphatic heterocycles. The molecule has 0 spiro atoms. The maximum Gasteiger partial charge on any atom is 0.407 e. The quantitative estimate of drug-likeness (QED) is 0.0275. The van der Waals surface area contributed by atoms with E-state index in [1.807, 2.05) is 14.0 Å². The first-order chi connectivity index (χ1) is 32.2. The lowest BCUT2D eigenvalue weighted by atomic mass is 10.1. The molecule has 2 unspecified atom stereocenters. The molecule has 0 rings (SSSR count). The minimum absolute atomic E-state index is 0.145. The molecule has 0 saturated carbocycles. The SMILES string of the molecule is CCCCCC=CC/C=C\CCCCCCCC(=O)OCC(COC(=O)CCCCCCC/C=C\C/C=C\CCCCC)OC(=O)CC(CCCCCCCC)OC(=O)NCCN(C)CC. The van der Waals surface area contributed by atoms with Gasteiger partial charge in [0.1, 0.15) is 19.3 Å². The number of carbonyl (C=O) groups excluding carboxylic acids is 4.